The minimum absolute atomic E-state index is 0.214. The molecule has 0 amide bonds. The molecule has 1 fully saturated rings. The molecule has 144 valence electrons. The van der Waals surface area contributed by atoms with Gasteiger partial charge in [-0.25, -0.2) is 5.43 Å². The molecular weight excluding hydrogens is 352 g/mol. The third kappa shape index (κ3) is 4.73. The van der Waals surface area contributed by atoms with E-state index in [0.717, 1.165) is 5.56 Å². The average molecular weight is 374 g/mol. The Labute approximate surface area is 157 Å². The van der Waals surface area contributed by atoms with E-state index < -0.39 is 0 Å². The van der Waals surface area contributed by atoms with Crippen molar-refractivity contribution in [3.05, 3.63) is 23.8 Å². The second-order valence-corrected chi connectivity index (χ2v) is 5.52. The van der Waals surface area contributed by atoms with Gasteiger partial charge in [0, 0.05) is 24.7 Å². The fourth-order valence-corrected chi connectivity index (χ4v) is 2.48. The third-order valence-corrected chi connectivity index (χ3v) is 3.89. The molecule has 1 aromatic heterocycles. The maximum atomic E-state index is 5.36. The van der Waals surface area contributed by atoms with Gasteiger partial charge < -0.3 is 23.8 Å². The minimum Gasteiger partial charge on any atom is -0.497 e. The van der Waals surface area contributed by atoms with Gasteiger partial charge >= 0.3 is 6.01 Å². The van der Waals surface area contributed by atoms with Crippen LogP contribution in [0.15, 0.2) is 23.3 Å². The van der Waals surface area contributed by atoms with Gasteiger partial charge in [0.15, 0.2) is 0 Å². The lowest BCUT2D eigenvalue weighted by molar-refractivity contribution is 0.122. The molecule has 0 unspecified atom stereocenters. The smallest absolute Gasteiger partial charge is 0.322 e. The van der Waals surface area contributed by atoms with E-state index in [0.29, 0.717) is 43.8 Å². The van der Waals surface area contributed by atoms with Crippen molar-refractivity contribution in [1.82, 2.24) is 15.0 Å². The van der Waals surface area contributed by atoms with Crippen molar-refractivity contribution in [1.29, 1.82) is 0 Å². The molecule has 27 heavy (non-hydrogen) atoms. The Morgan fingerprint density at radius 3 is 2.59 bits per heavy atom. The molecule has 2 heterocycles. The fourth-order valence-electron chi connectivity index (χ4n) is 2.48. The fraction of sp³-hybridized carbons (Fsp3) is 0.412. The SMILES string of the molecule is COc1ccc(/C=N\Nc2nc(OC)nc(N3CCOCC3)n2)c(OC)c1. The number of ether oxygens (including phenoxy) is 4. The minimum atomic E-state index is 0.214. The van der Waals surface area contributed by atoms with Crippen LogP contribution in [-0.4, -0.2) is 68.8 Å². The Bertz CT molecular complexity index is 795. The average Bonchev–Trinajstić information content (AvgIpc) is 2.74. The monoisotopic (exact) mass is 374 g/mol. The van der Waals surface area contributed by atoms with Gasteiger partial charge in [0.25, 0.3) is 5.95 Å². The van der Waals surface area contributed by atoms with Gasteiger partial charge in [0.1, 0.15) is 11.5 Å². The number of morpholine rings is 1. The summed E-state index contributed by atoms with van der Waals surface area (Å²) < 4.78 is 21.1. The van der Waals surface area contributed by atoms with Crippen LogP contribution in [-0.2, 0) is 4.74 Å². The number of benzene rings is 1. The predicted octanol–water partition coefficient (Wildman–Crippen LogP) is 1.18. The van der Waals surface area contributed by atoms with Crippen LogP contribution in [0.5, 0.6) is 17.5 Å². The van der Waals surface area contributed by atoms with Crippen molar-refractivity contribution in [2.45, 2.75) is 0 Å². The van der Waals surface area contributed by atoms with E-state index in [-0.39, 0.29) is 12.0 Å². The molecule has 0 aliphatic carbocycles. The van der Waals surface area contributed by atoms with Gasteiger partial charge in [0.2, 0.25) is 5.95 Å². The molecule has 0 radical (unpaired) electrons. The molecule has 1 N–H and O–H groups in total. The van der Waals surface area contributed by atoms with Gasteiger partial charge in [-0.05, 0) is 12.1 Å². The third-order valence-electron chi connectivity index (χ3n) is 3.89. The number of nitrogens with zero attached hydrogens (tertiary/aromatic N) is 5. The Hall–Kier alpha value is -3.14. The van der Waals surface area contributed by atoms with Gasteiger partial charge in [-0.1, -0.05) is 0 Å². The zero-order valence-corrected chi connectivity index (χ0v) is 15.5. The molecule has 1 saturated heterocycles. The highest BCUT2D eigenvalue weighted by molar-refractivity contribution is 5.84. The summed E-state index contributed by atoms with van der Waals surface area (Å²) in [6.07, 6.45) is 1.61. The van der Waals surface area contributed by atoms with E-state index in [4.69, 9.17) is 18.9 Å². The molecule has 10 nitrogen and oxygen atoms in total. The first kappa shape index (κ1) is 18.6. The summed E-state index contributed by atoms with van der Waals surface area (Å²) in [5.74, 6) is 2.15. The molecule has 10 heteroatoms. The van der Waals surface area contributed by atoms with Crippen LogP contribution in [0, 0.1) is 0 Å². The highest BCUT2D eigenvalue weighted by Crippen LogP contribution is 2.23. The molecular formula is C17H22N6O4. The lowest BCUT2D eigenvalue weighted by atomic mass is 10.2. The van der Waals surface area contributed by atoms with Crippen LogP contribution >= 0.6 is 0 Å². The summed E-state index contributed by atoms with van der Waals surface area (Å²) in [5.41, 5.74) is 3.59. The number of anilines is 2. The first-order chi connectivity index (χ1) is 13.2. The van der Waals surface area contributed by atoms with Crippen molar-refractivity contribution >= 4 is 18.1 Å². The van der Waals surface area contributed by atoms with E-state index in [9.17, 15) is 0 Å². The van der Waals surface area contributed by atoms with Gasteiger partial charge in [0.05, 0.1) is 40.8 Å². The summed E-state index contributed by atoms with van der Waals surface area (Å²) >= 11 is 0. The molecule has 2 aromatic rings. The molecule has 0 spiro atoms. The van der Waals surface area contributed by atoms with Crippen molar-refractivity contribution in [3.63, 3.8) is 0 Å². The van der Waals surface area contributed by atoms with E-state index in [1.165, 1.54) is 7.11 Å². The molecule has 0 saturated carbocycles. The topological polar surface area (TPSA) is 103 Å². The van der Waals surface area contributed by atoms with E-state index in [1.807, 2.05) is 17.0 Å². The van der Waals surface area contributed by atoms with Crippen LogP contribution in [0.25, 0.3) is 0 Å². The number of hydrogen-bond donors (Lipinski definition) is 1. The van der Waals surface area contributed by atoms with Gasteiger partial charge in [-0.3, -0.25) is 0 Å². The van der Waals surface area contributed by atoms with Crippen LogP contribution < -0.4 is 24.5 Å². The number of rotatable bonds is 7. The van der Waals surface area contributed by atoms with Crippen LogP contribution in [0.2, 0.25) is 0 Å². The van der Waals surface area contributed by atoms with Crippen LogP contribution in [0.1, 0.15) is 5.56 Å². The second kappa shape index (κ2) is 8.99. The molecule has 3 rings (SSSR count). The Morgan fingerprint density at radius 1 is 1.07 bits per heavy atom. The van der Waals surface area contributed by atoms with E-state index in [2.05, 4.69) is 25.5 Å². The molecule has 1 aromatic carbocycles. The second-order valence-electron chi connectivity index (χ2n) is 5.52. The molecule has 0 atom stereocenters. The summed E-state index contributed by atoms with van der Waals surface area (Å²) in [7, 11) is 4.70. The largest absolute Gasteiger partial charge is 0.497 e. The zero-order chi connectivity index (χ0) is 19.1. The quantitative estimate of drug-likeness (QED) is 0.565. The van der Waals surface area contributed by atoms with Gasteiger partial charge in [-0.15, -0.1) is 0 Å². The maximum Gasteiger partial charge on any atom is 0.322 e. The summed E-state index contributed by atoms with van der Waals surface area (Å²) in [4.78, 5) is 14.9. The Balaban J connectivity index is 1.76. The summed E-state index contributed by atoms with van der Waals surface area (Å²) in [6.45, 7) is 2.68. The zero-order valence-electron chi connectivity index (χ0n) is 15.5. The molecule has 1 aliphatic heterocycles. The normalized spacial score (nSPS) is 14.3. The van der Waals surface area contributed by atoms with Crippen LogP contribution in [0.4, 0.5) is 11.9 Å². The number of aromatic nitrogens is 3. The van der Waals surface area contributed by atoms with Crippen molar-refractivity contribution in [2.24, 2.45) is 5.10 Å². The first-order valence-corrected chi connectivity index (χ1v) is 8.37. The first-order valence-electron chi connectivity index (χ1n) is 8.37. The van der Waals surface area contributed by atoms with E-state index >= 15 is 0 Å². The number of hydrazone groups is 1. The van der Waals surface area contributed by atoms with Crippen molar-refractivity contribution in [3.8, 4) is 17.5 Å². The lowest BCUT2D eigenvalue weighted by Crippen LogP contribution is -2.37. The van der Waals surface area contributed by atoms with Crippen molar-refractivity contribution in [2.75, 3.05) is 58.0 Å². The van der Waals surface area contributed by atoms with Crippen LogP contribution in [0.3, 0.4) is 0 Å². The molecule has 0 bridgehead atoms. The van der Waals surface area contributed by atoms with Crippen molar-refractivity contribution < 1.29 is 18.9 Å². The Morgan fingerprint density at radius 2 is 1.89 bits per heavy atom. The molecule has 1 aliphatic rings. The number of methoxy groups -OCH3 is 3. The lowest BCUT2D eigenvalue weighted by Gasteiger charge is -2.26. The predicted molar refractivity (Wildman–Crippen MR) is 100 cm³/mol. The van der Waals surface area contributed by atoms with E-state index in [1.54, 1.807) is 26.5 Å². The van der Waals surface area contributed by atoms with Gasteiger partial charge in [-0.2, -0.15) is 20.1 Å². The maximum absolute atomic E-state index is 5.36. The highest BCUT2D eigenvalue weighted by atomic mass is 16.5. The summed E-state index contributed by atoms with van der Waals surface area (Å²) in [5, 5.41) is 4.19. The summed E-state index contributed by atoms with van der Waals surface area (Å²) in [6, 6.07) is 5.66. The highest BCUT2D eigenvalue weighted by Gasteiger charge is 2.16. The number of nitrogens with one attached hydrogen (secondary N) is 1. The standard InChI is InChI=1S/C17H22N6O4/c1-24-13-5-4-12(14(10-13)25-2)11-18-22-15-19-16(21-17(20-15)26-3)23-6-8-27-9-7-23/h4-5,10-11H,6-9H2,1-3H3,(H,19,20,21,22)/b18-11-. The number of hydrogen-bond acceptors (Lipinski definition) is 10. The Kier molecular flexibility index (Phi) is 6.21.